The molecule has 0 bridgehead atoms. The Morgan fingerprint density at radius 2 is 1.67 bits per heavy atom. The number of urea groups is 1. The molecule has 1 aliphatic carbocycles. The topological polar surface area (TPSA) is 84.9 Å². The number of hydrogen-bond donors (Lipinski definition) is 1. The molecule has 0 radical (unpaired) electrons. The predicted octanol–water partition coefficient (Wildman–Crippen LogP) is 3.46. The van der Waals surface area contributed by atoms with E-state index in [1.165, 1.54) is 12.5 Å². The second-order valence-corrected chi connectivity index (χ2v) is 11.0. The lowest BCUT2D eigenvalue weighted by Crippen LogP contribution is -2.54. The summed E-state index contributed by atoms with van der Waals surface area (Å²) in [6.07, 6.45) is -0.897. The van der Waals surface area contributed by atoms with Crippen LogP contribution in [-0.4, -0.2) is 84.1 Å². The zero-order valence-electron chi connectivity index (χ0n) is 22.5. The molecule has 1 aromatic carbocycles. The van der Waals surface area contributed by atoms with Crippen molar-refractivity contribution in [2.75, 3.05) is 56.6 Å². The highest BCUT2D eigenvalue weighted by Crippen LogP contribution is 2.47. The second-order valence-electron chi connectivity index (χ2n) is 11.0. The van der Waals surface area contributed by atoms with Crippen molar-refractivity contribution < 1.29 is 22.8 Å². The van der Waals surface area contributed by atoms with Crippen molar-refractivity contribution in [2.45, 2.75) is 49.9 Å². The van der Waals surface area contributed by atoms with Crippen LogP contribution in [0.2, 0.25) is 0 Å². The zero-order chi connectivity index (χ0) is 28.0. The maximum absolute atomic E-state index is 14.2. The highest BCUT2D eigenvalue weighted by Gasteiger charge is 2.52. The van der Waals surface area contributed by atoms with Crippen LogP contribution in [0.1, 0.15) is 43.9 Å². The van der Waals surface area contributed by atoms with Gasteiger partial charge in [-0.05, 0) is 45.3 Å². The number of alkyl halides is 3. The van der Waals surface area contributed by atoms with Gasteiger partial charge in [0.2, 0.25) is 11.9 Å². The van der Waals surface area contributed by atoms with Gasteiger partial charge in [0.25, 0.3) is 0 Å². The van der Waals surface area contributed by atoms with E-state index in [4.69, 9.17) is 0 Å². The number of nitrogens with zero attached hydrogens (tertiary/aromatic N) is 6. The fraction of sp³-hybridized carbons (Fsp3) is 0.556. The molecule has 1 N–H and O–H groups in total. The fourth-order valence-corrected chi connectivity index (χ4v) is 6.22. The molecule has 39 heavy (non-hydrogen) atoms. The molecule has 1 spiro atoms. The average Bonchev–Trinajstić information content (AvgIpc) is 3.24. The summed E-state index contributed by atoms with van der Waals surface area (Å²) in [5, 5.41) is 3.02. The third kappa shape index (κ3) is 5.02. The first-order chi connectivity index (χ1) is 18.4. The molecule has 210 valence electrons. The molecule has 0 atom stereocenters. The van der Waals surface area contributed by atoms with E-state index in [0.29, 0.717) is 39.0 Å². The minimum Gasteiger partial charge on any atom is -0.339 e. The Hall–Kier alpha value is -3.41. The van der Waals surface area contributed by atoms with Gasteiger partial charge < -0.3 is 15.1 Å². The summed E-state index contributed by atoms with van der Waals surface area (Å²) >= 11 is 0. The van der Waals surface area contributed by atoms with Crippen LogP contribution < -0.4 is 15.1 Å². The van der Waals surface area contributed by atoms with Crippen LogP contribution in [0, 0.1) is 0 Å². The van der Waals surface area contributed by atoms with Crippen molar-refractivity contribution in [3.05, 3.63) is 47.8 Å². The molecular weight excluding hydrogens is 511 g/mol. The van der Waals surface area contributed by atoms with Gasteiger partial charge in [-0.3, -0.25) is 14.6 Å². The van der Waals surface area contributed by atoms with Gasteiger partial charge in [-0.15, -0.1) is 0 Å². The normalized spacial score (nSPS) is 25.9. The van der Waals surface area contributed by atoms with Crippen molar-refractivity contribution in [2.24, 2.45) is 0 Å². The molecule has 2 saturated heterocycles. The Kier molecular flexibility index (Phi) is 6.94. The van der Waals surface area contributed by atoms with Gasteiger partial charge in [0, 0.05) is 38.6 Å². The summed E-state index contributed by atoms with van der Waals surface area (Å²) in [6, 6.07) is 9.64. The highest BCUT2D eigenvalue weighted by atomic mass is 19.4. The quantitative estimate of drug-likeness (QED) is 0.634. The molecule has 1 aromatic heterocycles. The van der Waals surface area contributed by atoms with Crippen LogP contribution in [0.4, 0.5) is 29.6 Å². The van der Waals surface area contributed by atoms with E-state index in [0.717, 1.165) is 23.9 Å². The van der Waals surface area contributed by atoms with Gasteiger partial charge in [-0.1, -0.05) is 30.3 Å². The third-order valence-electron chi connectivity index (χ3n) is 8.60. The van der Waals surface area contributed by atoms with Gasteiger partial charge in [0.05, 0.1) is 24.0 Å². The number of piperazine rings is 1. The fourth-order valence-electron chi connectivity index (χ4n) is 6.22. The predicted molar refractivity (Wildman–Crippen MR) is 140 cm³/mol. The molecule has 3 amide bonds. The summed E-state index contributed by atoms with van der Waals surface area (Å²) in [5.41, 5.74) is -1.11. The molecule has 0 unspecified atom stereocenters. The number of rotatable bonds is 4. The Morgan fingerprint density at radius 3 is 2.23 bits per heavy atom. The average molecular weight is 546 g/mol. The first-order valence-electron chi connectivity index (χ1n) is 13.2. The van der Waals surface area contributed by atoms with Crippen LogP contribution in [-0.2, 0) is 16.5 Å². The number of halogens is 3. The van der Waals surface area contributed by atoms with Crippen molar-refractivity contribution in [1.29, 1.82) is 0 Å². The first kappa shape index (κ1) is 27.2. The second kappa shape index (κ2) is 9.96. The van der Waals surface area contributed by atoms with Gasteiger partial charge >= 0.3 is 12.2 Å². The lowest BCUT2D eigenvalue weighted by atomic mass is 9.69. The third-order valence-corrected chi connectivity index (χ3v) is 8.60. The van der Waals surface area contributed by atoms with Crippen LogP contribution >= 0.6 is 0 Å². The maximum atomic E-state index is 14.2. The molecule has 2 aromatic rings. The Bertz CT molecular complexity index is 1220. The highest BCUT2D eigenvalue weighted by molar-refractivity contribution is 5.96. The standard InChI is InChI=1S/C27H34F3N7O2/c1-19(38)35-13-15-36(16-14-35)23-31-17-21(22(32-23)27(28,29)30)37-18-25(33-24(37)39)9-11-26(12-10-25,34(2)3)20-7-5-4-6-8-20/h4-8,17H,9-16,18H2,1-3H3,(H,33,39). The van der Waals surface area contributed by atoms with Crippen LogP contribution in [0.5, 0.6) is 0 Å². The zero-order valence-corrected chi connectivity index (χ0v) is 22.5. The maximum Gasteiger partial charge on any atom is 0.435 e. The Labute approximate surface area is 226 Å². The molecular formula is C27H34F3N7O2. The van der Waals surface area contributed by atoms with Gasteiger partial charge in [-0.2, -0.15) is 13.2 Å². The lowest BCUT2D eigenvalue weighted by molar-refractivity contribution is -0.140. The molecule has 1 saturated carbocycles. The number of anilines is 2. The molecule has 3 heterocycles. The van der Waals surface area contributed by atoms with E-state index in [-0.39, 0.29) is 29.6 Å². The molecule has 3 fully saturated rings. The number of carbonyl (C=O) groups excluding carboxylic acids is 2. The molecule has 12 heteroatoms. The van der Waals surface area contributed by atoms with Crippen LogP contribution in [0.15, 0.2) is 36.5 Å². The van der Waals surface area contributed by atoms with Crippen molar-refractivity contribution in [1.82, 2.24) is 25.1 Å². The minimum absolute atomic E-state index is 0.0557. The molecule has 5 rings (SSSR count). The number of hydrogen-bond acceptors (Lipinski definition) is 6. The summed E-state index contributed by atoms with van der Waals surface area (Å²) in [4.78, 5) is 39.5. The van der Waals surface area contributed by atoms with Crippen LogP contribution in [0.25, 0.3) is 0 Å². The van der Waals surface area contributed by atoms with Crippen LogP contribution in [0.3, 0.4) is 0 Å². The van der Waals surface area contributed by atoms with Gasteiger partial charge in [0.15, 0.2) is 5.69 Å². The van der Waals surface area contributed by atoms with E-state index < -0.39 is 23.4 Å². The summed E-state index contributed by atoms with van der Waals surface area (Å²) < 4.78 is 42.7. The number of benzene rings is 1. The minimum atomic E-state index is -4.77. The smallest absolute Gasteiger partial charge is 0.339 e. The summed E-state index contributed by atoms with van der Waals surface area (Å²) in [7, 11) is 4.08. The molecule has 3 aliphatic rings. The number of amides is 3. The largest absolute Gasteiger partial charge is 0.435 e. The lowest BCUT2D eigenvalue weighted by Gasteiger charge is -2.48. The SMILES string of the molecule is CC(=O)N1CCN(c2ncc(N3CC4(CCC(c5ccccc5)(N(C)C)CC4)NC3=O)c(C(F)(F)F)n2)CC1. The molecule has 9 nitrogen and oxygen atoms in total. The van der Waals surface area contributed by atoms with E-state index in [9.17, 15) is 22.8 Å². The molecule has 2 aliphatic heterocycles. The van der Waals surface area contributed by atoms with Crippen molar-refractivity contribution in [3.8, 4) is 0 Å². The number of aromatic nitrogens is 2. The van der Waals surface area contributed by atoms with Gasteiger partial charge in [-0.25, -0.2) is 14.8 Å². The summed E-state index contributed by atoms with van der Waals surface area (Å²) in [5.74, 6) is -0.134. The number of carbonyl (C=O) groups is 2. The Balaban J connectivity index is 1.37. The van der Waals surface area contributed by atoms with E-state index in [1.54, 1.807) is 9.80 Å². The van der Waals surface area contributed by atoms with E-state index in [2.05, 4.69) is 32.3 Å². The van der Waals surface area contributed by atoms with Gasteiger partial charge in [0.1, 0.15) is 0 Å². The first-order valence-corrected chi connectivity index (χ1v) is 13.2. The number of nitrogens with one attached hydrogen (secondary N) is 1. The monoisotopic (exact) mass is 545 g/mol. The summed E-state index contributed by atoms with van der Waals surface area (Å²) in [6.45, 7) is 3.02. The van der Waals surface area contributed by atoms with Crippen molar-refractivity contribution in [3.63, 3.8) is 0 Å². The van der Waals surface area contributed by atoms with E-state index >= 15 is 0 Å². The van der Waals surface area contributed by atoms with Crippen molar-refractivity contribution >= 4 is 23.6 Å². The van der Waals surface area contributed by atoms with E-state index in [1.807, 2.05) is 32.3 Å². The Morgan fingerprint density at radius 1 is 1.03 bits per heavy atom.